The Morgan fingerprint density at radius 3 is 0.691 bits per heavy atom. The van der Waals surface area contributed by atoms with E-state index < -0.39 is 122 Å². The zero-order valence-corrected chi connectivity index (χ0v) is 32.1. The number of halogens is 26. The Kier molecular flexibility index (Phi) is 12.6. The number of ketones is 1. The summed E-state index contributed by atoms with van der Waals surface area (Å²) >= 11 is 0. The third kappa shape index (κ3) is 7.46. The van der Waals surface area contributed by atoms with Crippen LogP contribution in [0.15, 0.2) is 109 Å². The van der Waals surface area contributed by atoms with E-state index in [-0.39, 0.29) is 59.7 Å². The van der Waals surface area contributed by atoms with E-state index in [0.29, 0.717) is 0 Å². The molecule has 4 aromatic carbocycles. The van der Waals surface area contributed by atoms with Crippen LogP contribution in [0.3, 0.4) is 0 Å². The Morgan fingerprint density at radius 1 is 0.235 bits per heavy atom. The van der Waals surface area contributed by atoms with E-state index in [1.807, 2.05) is 0 Å². The van der Waals surface area contributed by atoms with Gasteiger partial charge in [0.25, 0.3) is 0 Å². The van der Waals surface area contributed by atoms with Crippen molar-refractivity contribution in [1.82, 2.24) is 0 Å². The van der Waals surface area contributed by atoms with Crippen LogP contribution in [0.25, 0.3) is 22.3 Å². The average molecular weight is 1020 g/mol. The molecule has 0 aromatic heterocycles. The average Bonchev–Trinajstić information content (AvgIpc) is 3.55. The lowest BCUT2D eigenvalue weighted by Crippen LogP contribution is -2.69. The summed E-state index contributed by atoms with van der Waals surface area (Å²) in [6, 6.07) is 11.8. The van der Waals surface area contributed by atoms with Crippen molar-refractivity contribution < 1.29 is 119 Å². The summed E-state index contributed by atoms with van der Waals surface area (Å²) in [6.07, 6.45) is -15.4. The third-order valence-electron chi connectivity index (χ3n) is 10.3. The predicted octanol–water partition coefficient (Wildman–Crippen LogP) is 15.2. The van der Waals surface area contributed by atoms with Crippen molar-refractivity contribution in [2.24, 2.45) is 0 Å². The van der Waals surface area contributed by atoms with Crippen molar-refractivity contribution in [3.63, 3.8) is 0 Å². The molecule has 1 aliphatic rings. The second-order valence-electron chi connectivity index (χ2n) is 14.5. The zero-order chi connectivity index (χ0) is 52.1. The molecule has 0 fully saturated rings. The van der Waals surface area contributed by atoms with Gasteiger partial charge in [-0.15, -0.1) is 0 Å². The van der Waals surface area contributed by atoms with Crippen molar-refractivity contribution in [1.29, 1.82) is 0 Å². The van der Waals surface area contributed by atoms with E-state index in [1.54, 1.807) is 0 Å². The quantitative estimate of drug-likeness (QED) is 0.115. The predicted molar refractivity (Wildman–Crippen MR) is 184 cm³/mol. The van der Waals surface area contributed by atoms with Gasteiger partial charge >= 0.3 is 71.6 Å². The summed E-state index contributed by atoms with van der Waals surface area (Å²) in [4.78, 5) is 14.4. The lowest BCUT2D eigenvalue weighted by molar-refractivity contribution is -0.441. The van der Waals surface area contributed by atoms with Gasteiger partial charge < -0.3 is 0 Å². The molecule has 0 bridgehead atoms. The van der Waals surface area contributed by atoms with Gasteiger partial charge in [0.05, 0.1) is 0 Å². The minimum atomic E-state index is -8.26. The number of hydrogen-bond donors (Lipinski definition) is 0. The third-order valence-corrected chi connectivity index (χ3v) is 10.3. The first kappa shape index (κ1) is 53.2. The van der Waals surface area contributed by atoms with E-state index in [1.165, 1.54) is 36.4 Å². The number of rotatable bonds is 14. The van der Waals surface area contributed by atoms with Gasteiger partial charge in [0.15, 0.2) is 5.78 Å². The first-order valence-corrected chi connectivity index (χ1v) is 17.8. The lowest BCUT2D eigenvalue weighted by Gasteiger charge is -2.39. The van der Waals surface area contributed by atoms with Crippen LogP contribution in [0.2, 0.25) is 0 Å². The molecule has 0 amide bonds. The minimum Gasteiger partial charge on any atom is -0.289 e. The second kappa shape index (κ2) is 16.2. The molecule has 0 spiro atoms. The van der Waals surface area contributed by atoms with Crippen LogP contribution in [-0.4, -0.2) is 65.5 Å². The van der Waals surface area contributed by atoms with Gasteiger partial charge in [-0.3, -0.25) is 4.79 Å². The number of alkyl halides is 26. The molecular formula is C41H18F26O. The van der Waals surface area contributed by atoms with E-state index in [2.05, 4.69) is 0 Å². The largest absolute Gasteiger partial charge is 0.460 e. The number of benzene rings is 4. The first-order valence-electron chi connectivity index (χ1n) is 17.8. The van der Waals surface area contributed by atoms with E-state index >= 15 is 17.6 Å². The van der Waals surface area contributed by atoms with Gasteiger partial charge in [0.2, 0.25) is 0 Å². The number of allylic oxidation sites excluding steroid dienone is 4. The molecule has 5 rings (SSSR count). The maximum atomic E-state index is 15.2. The molecule has 1 nitrogen and oxygen atoms in total. The molecule has 4 aromatic rings. The number of hydrogen-bond acceptors (Lipinski definition) is 1. The fourth-order valence-corrected chi connectivity index (χ4v) is 6.53. The molecule has 1 aliphatic carbocycles. The molecule has 0 radical (unpaired) electrons. The molecule has 0 aliphatic heterocycles. The van der Waals surface area contributed by atoms with Crippen molar-refractivity contribution in [2.45, 2.75) is 71.6 Å². The van der Waals surface area contributed by atoms with Crippen molar-refractivity contribution >= 4 is 28.1 Å². The SMILES string of the molecule is O=C1C(c2ccccc2)=C(c2ccc(C(F)(F)C(F)(F)C(F)(F)C(F)(F)C(F)(F)C(F)(F)F)cc2)C(c2ccc(C(F)(F)C(F)(F)C(F)(F)C(F)(F)C(F)(F)C(F)(F)F)cc2)=C1c1ccccc1. The summed E-state index contributed by atoms with van der Waals surface area (Å²) in [5, 5.41) is 0. The highest BCUT2D eigenvalue weighted by Gasteiger charge is 2.92. The van der Waals surface area contributed by atoms with E-state index in [4.69, 9.17) is 0 Å². The zero-order valence-electron chi connectivity index (χ0n) is 32.1. The molecule has 0 saturated carbocycles. The Balaban J connectivity index is 1.72. The summed E-state index contributed by atoms with van der Waals surface area (Å²) in [5.41, 5.74) is -9.40. The maximum Gasteiger partial charge on any atom is 0.460 e. The highest BCUT2D eigenvalue weighted by Crippen LogP contribution is 2.64. The van der Waals surface area contributed by atoms with Crippen molar-refractivity contribution in [3.05, 3.63) is 143 Å². The molecule has 0 unspecified atom stereocenters. The normalized spacial score (nSPS) is 16.0. The van der Waals surface area contributed by atoms with E-state index in [9.17, 15) is 101 Å². The summed E-state index contributed by atoms with van der Waals surface area (Å²) in [5.74, 6) is -79.4. The Hall–Kier alpha value is -5.79. The van der Waals surface area contributed by atoms with Crippen LogP contribution >= 0.6 is 0 Å². The molecule has 27 heteroatoms. The Morgan fingerprint density at radius 2 is 0.456 bits per heavy atom. The molecule has 68 heavy (non-hydrogen) atoms. The van der Waals surface area contributed by atoms with Crippen LogP contribution in [0.5, 0.6) is 0 Å². The smallest absolute Gasteiger partial charge is 0.289 e. The first-order chi connectivity index (χ1) is 30.6. The van der Waals surface area contributed by atoms with Crippen LogP contribution < -0.4 is 0 Å². The Labute approximate surface area is 361 Å². The lowest BCUT2D eigenvalue weighted by atomic mass is 9.86. The van der Waals surface area contributed by atoms with Gasteiger partial charge in [-0.05, 0) is 22.3 Å². The van der Waals surface area contributed by atoms with E-state index in [0.717, 1.165) is 24.3 Å². The molecule has 370 valence electrons. The fraction of sp³-hybridized carbons (Fsp3) is 0.293. The summed E-state index contributed by atoms with van der Waals surface area (Å²) < 4.78 is 362. The van der Waals surface area contributed by atoms with Gasteiger partial charge in [0.1, 0.15) is 0 Å². The summed E-state index contributed by atoms with van der Waals surface area (Å²) in [6.45, 7) is 0. The monoisotopic (exact) mass is 1020 g/mol. The topological polar surface area (TPSA) is 17.1 Å². The maximum absolute atomic E-state index is 15.2. The highest BCUT2D eigenvalue weighted by atomic mass is 19.4. The summed E-state index contributed by atoms with van der Waals surface area (Å²) in [7, 11) is 0. The van der Waals surface area contributed by atoms with Gasteiger partial charge in [-0.25, -0.2) is 0 Å². The highest BCUT2D eigenvalue weighted by molar-refractivity contribution is 6.59. The van der Waals surface area contributed by atoms with Crippen LogP contribution in [-0.2, 0) is 16.6 Å². The number of carbonyl (C=O) groups is 1. The fourth-order valence-electron chi connectivity index (χ4n) is 6.53. The van der Waals surface area contributed by atoms with Crippen LogP contribution in [0, 0.1) is 0 Å². The van der Waals surface area contributed by atoms with Crippen molar-refractivity contribution in [2.75, 3.05) is 0 Å². The number of Topliss-reactive ketones (excluding diaryl/α,β-unsaturated/α-hetero) is 1. The molecule has 0 N–H and O–H groups in total. The molecule has 0 heterocycles. The standard InChI is InChI=1S/C41H18F26O/c42-30(43,32(46,47)34(50,51)36(54,55)38(58,59)40(62,63)64)23-15-11-21(12-16-23)25-26(28(20-9-5-2-6-10-20)29(68)27(25)19-7-3-1-4-8-19)22-13-17-24(18-14-22)31(44,45)33(48,49)35(52,53)37(56,57)39(60,61)41(65,66)67/h1-18H. The number of carbonyl (C=O) groups excluding carboxylic acids is 1. The second-order valence-corrected chi connectivity index (χ2v) is 14.5. The van der Waals surface area contributed by atoms with Crippen LogP contribution in [0.4, 0.5) is 114 Å². The Bertz CT molecular complexity index is 2410. The molecular weight excluding hydrogens is 1000 g/mol. The van der Waals surface area contributed by atoms with Gasteiger partial charge in [-0.2, -0.15) is 114 Å². The van der Waals surface area contributed by atoms with Crippen LogP contribution in [0.1, 0.15) is 33.4 Å². The van der Waals surface area contributed by atoms with Gasteiger partial charge in [-0.1, -0.05) is 109 Å². The van der Waals surface area contributed by atoms with Gasteiger partial charge in [0, 0.05) is 33.4 Å². The molecule has 0 atom stereocenters. The molecule has 0 saturated heterocycles. The van der Waals surface area contributed by atoms with Crippen molar-refractivity contribution in [3.8, 4) is 0 Å². The minimum absolute atomic E-state index is 0.189.